The molecule has 0 unspecified atom stereocenters. The van der Waals surface area contributed by atoms with Crippen LogP contribution in [0.2, 0.25) is 0 Å². The molecule has 4 aromatic carbocycles. The Morgan fingerprint density at radius 1 is 0.690 bits per heavy atom. The van der Waals surface area contributed by atoms with E-state index in [0.717, 1.165) is 17.6 Å². The monoisotopic (exact) mass is 372 g/mol. The summed E-state index contributed by atoms with van der Waals surface area (Å²) < 4.78 is 6.22. The molecule has 1 aromatic heterocycles. The lowest BCUT2D eigenvalue weighted by Gasteiger charge is -2.24. The molecular formula is C28H20O. The summed E-state index contributed by atoms with van der Waals surface area (Å²) in [6.07, 6.45) is 1.04. The third-order valence-electron chi connectivity index (χ3n) is 7.06. The van der Waals surface area contributed by atoms with Crippen LogP contribution in [0.4, 0.5) is 0 Å². The predicted octanol–water partition coefficient (Wildman–Crippen LogP) is 7.46. The lowest BCUT2D eigenvalue weighted by molar-refractivity contribution is 0.648. The second-order valence-corrected chi connectivity index (χ2v) is 8.97. The third kappa shape index (κ3) is 1.81. The number of hydrogen-bond acceptors (Lipinski definition) is 1. The number of furan rings is 1. The van der Waals surface area contributed by atoms with Crippen molar-refractivity contribution < 1.29 is 4.42 Å². The molecule has 0 radical (unpaired) electrons. The van der Waals surface area contributed by atoms with Gasteiger partial charge in [-0.05, 0) is 69.1 Å². The molecule has 1 heteroatoms. The van der Waals surface area contributed by atoms with Crippen molar-refractivity contribution in [3.8, 4) is 22.3 Å². The largest absolute Gasteiger partial charge is 0.456 e. The van der Waals surface area contributed by atoms with Gasteiger partial charge < -0.3 is 4.42 Å². The van der Waals surface area contributed by atoms with Crippen LogP contribution in [0.3, 0.4) is 0 Å². The molecule has 29 heavy (non-hydrogen) atoms. The Hall–Kier alpha value is -3.32. The molecular weight excluding hydrogens is 352 g/mol. The van der Waals surface area contributed by atoms with E-state index in [-0.39, 0.29) is 5.41 Å². The molecule has 7 rings (SSSR count). The highest BCUT2D eigenvalue weighted by Crippen LogP contribution is 2.56. The predicted molar refractivity (Wildman–Crippen MR) is 120 cm³/mol. The number of benzene rings is 4. The standard InChI is InChI=1S/C28H20O/c1-28(2)23-15-25-22(19-9-5-6-10-24(19)29-25)14-21(23)20-12-11-17-13-16-7-3-4-8-18(16)26(17)27(20)28/h3-12,14-15H,13H2,1-2H3. The first kappa shape index (κ1) is 15.6. The molecule has 2 aliphatic rings. The van der Waals surface area contributed by atoms with E-state index in [2.05, 4.69) is 80.6 Å². The minimum absolute atomic E-state index is 0.0549. The summed E-state index contributed by atoms with van der Waals surface area (Å²) >= 11 is 0. The molecule has 0 atom stereocenters. The molecule has 1 heterocycles. The van der Waals surface area contributed by atoms with E-state index in [0.29, 0.717) is 0 Å². The van der Waals surface area contributed by atoms with E-state index in [1.54, 1.807) is 0 Å². The third-order valence-corrected chi connectivity index (χ3v) is 7.06. The molecule has 0 bridgehead atoms. The van der Waals surface area contributed by atoms with Gasteiger partial charge in [0, 0.05) is 16.2 Å². The van der Waals surface area contributed by atoms with Crippen molar-refractivity contribution in [3.63, 3.8) is 0 Å². The SMILES string of the molecule is CC1(C)c2cc3oc4ccccc4c3cc2-c2ccc3c(c21)-c1ccccc1C3. The number of rotatable bonds is 0. The van der Waals surface area contributed by atoms with Crippen LogP contribution < -0.4 is 0 Å². The molecule has 0 saturated carbocycles. The molecule has 0 amide bonds. The van der Waals surface area contributed by atoms with Crippen LogP contribution in [0.1, 0.15) is 36.1 Å². The highest BCUT2D eigenvalue weighted by molar-refractivity contribution is 6.08. The fraction of sp³-hybridized carbons (Fsp3) is 0.143. The van der Waals surface area contributed by atoms with Crippen molar-refractivity contribution >= 4 is 21.9 Å². The van der Waals surface area contributed by atoms with Gasteiger partial charge in [-0.25, -0.2) is 0 Å². The van der Waals surface area contributed by atoms with Crippen LogP contribution in [0.15, 0.2) is 77.2 Å². The average molecular weight is 372 g/mol. The van der Waals surface area contributed by atoms with Gasteiger partial charge in [0.25, 0.3) is 0 Å². The summed E-state index contributed by atoms with van der Waals surface area (Å²) in [5.74, 6) is 0. The average Bonchev–Trinajstić information content (AvgIpc) is 3.35. The van der Waals surface area contributed by atoms with E-state index in [9.17, 15) is 0 Å². The molecule has 0 aliphatic heterocycles. The van der Waals surface area contributed by atoms with Crippen molar-refractivity contribution in [3.05, 3.63) is 95.1 Å². The van der Waals surface area contributed by atoms with Crippen LogP contribution in [0.25, 0.3) is 44.2 Å². The van der Waals surface area contributed by atoms with Gasteiger partial charge in [0.15, 0.2) is 0 Å². The summed E-state index contributed by atoms with van der Waals surface area (Å²) in [6, 6.07) is 26.6. The number of hydrogen-bond donors (Lipinski definition) is 0. The highest BCUT2D eigenvalue weighted by Gasteiger charge is 2.40. The molecule has 1 nitrogen and oxygen atoms in total. The normalized spacial score (nSPS) is 15.4. The summed E-state index contributed by atoms with van der Waals surface area (Å²) in [4.78, 5) is 0. The zero-order chi connectivity index (χ0) is 19.3. The maximum atomic E-state index is 6.22. The van der Waals surface area contributed by atoms with Crippen LogP contribution >= 0.6 is 0 Å². The van der Waals surface area contributed by atoms with Crippen molar-refractivity contribution in [2.75, 3.05) is 0 Å². The van der Waals surface area contributed by atoms with Crippen LogP contribution in [0, 0.1) is 0 Å². The van der Waals surface area contributed by atoms with E-state index in [1.165, 1.54) is 55.3 Å². The van der Waals surface area contributed by atoms with Crippen LogP contribution in [0.5, 0.6) is 0 Å². The van der Waals surface area contributed by atoms with Gasteiger partial charge >= 0.3 is 0 Å². The quantitative estimate of drug-likeness (QED) is 0.270. The van der Waals surface area contributed by atoms with Gasteiger partial charge in [-0.15, -0.1) is 0 Å². The van der Waals surface area contributed by atoms with Gasteiger partial charge in [0.05, 0.1) is 0 Å². The van der Waals surface area contributed by atoms with Gasteiger partial charge in [0.2, 0.25) is 0 Å². The van der Waals surface area contributed by atoms with Crippen molar-refractivity contribution in [2.45, 2.75) is 25.7 Å². The summed E-state index contributed by atoms with van der Waals surface area (Å²) in [7, 11) is 0. The molecule has 2 aliphatic carbocycles. The number of fused-ring (bicyclic) bond motifs is 10. The second-order valence-electron chi connectivity index (χ2n) is 8.97. The topological polar surface area (TPSA) is 13.1 Å². The zero-order valence-corrected chi connectivity index (χ0v) is 16.5. The van der Waals surface area contributed by atoms with Gasteiger partial charge in [0.1, 0.15) is 11.2 Å². The van der Waals surface area contributed by atoms with E-state index in [4.69, 9.17) is 4.42 Å². The Labute approximate surface area is 169 Å². The Morgan fingerprint density at radius 2 is 1.52 bits per heavy atom. The van der Waals surface area contributed by atoms with Crippen LogP contribution in [-0.2, 0) is 11.8 Å². The highest BCUT2D eigenvalue weighted by atomic mass is 16.3. The Morgan fingerprint density at radius 3 is 2.45 bits per heavy atom. The number of para-hydroxylation sites is 1. The molecule has 138 valence electrons. The van der Waals surface area contributed by atoms with E-state index >= 15 is 0 Å². The fourth-order valence-electron chi connectivity index (χ4n) is 5.74. The van der Waals surface area contributed by atoms with E-state index < -0.39 is 0 Å². The zero-order valence-electron chi connectivity index (χ0n) is 16.5. The lowest BCUT2D eigenvalue weighted by atomic mass is 9.78. The van der Waals surface area contributed by atoms with E-state index in [1.807, 2.05) is 6.07 Å². The minimum atomic E-state index is -0.0549. The van der Waals surface area contributed by atoms with Crippen LogP contribution in [-0.4, -0.2) is 0 Å². The first-order valence-corrected chi connectivity index (χ1v) is 10.3. The van der Waals surface area contributed by atoms with Crippen molar-refractivity contribution in [1.82, 2.24) is 0 Å². The second kappa shape index (κ2) is 4.99. The summed E-state index contributed by atoms with van der Waals surface area (Å²) in [6.45, 7) is 4.74. The minimum Gasteiger partial charge on any atom is -0.456 e. The van der Waals surface area contributed by atoms with Crippen molar-refractivity contribution in [2.24, 2.45) is 0 Å². The van der Waals surface area contributed by atoms with Gasteiger partial charge in [-0.2, -0.15) is 0 Å². The molecule has 0 saturated heterocycles. The lowest BCUT2D eigenvalue weighted by Crippen LogP contribution is -2.16. The molecule has 5 aromatic rings. The van der Waals surface area contributed by atoms with Crippen molar-refractivity contribution in [1.29, 1.82) is 0 Å². The first-order valence-electron chi connectivity index (χ1n) is 10.3. The molecule has 0 N–H and O–H groups in total. The maximum absolute atomic E-state index is 6.22. The Balaban J connectivity index is 1.59. The smallest absolute Gasteiger partial charge is 0.135 e. The Kier molecular flexibility index (Phi) is 2.68. The first-order chi connectivity index (χ1) is 14.1. The fourth-order valence-corrected chi connectivity index (χ4v) is 5.74. The summed E-state index contributed by atoms with van der Waals surface area (Å²) in [5.41, 5.74) is 13.3. The molecule has 0 fully saturated rings. The van der Waals surface area contributed by atoms with Gasteiger partial charge in [-0.3, -0.25) is 0 Å². The van der Waals surface area contributed by atoms with Gasteiger partial charge in [-0.1, -0.05) is 68.4 Å². The molecule has 0 spiro atoms. The maximum Gasteiger partial charge on any atom is 0.135 e. The Bertz CT molecular complexity index is 1500. The summed E-state index contributed by atoms with van der Waals surface area (Å²) in [5, 5.41) is 2.41.